The smallest absolute Gasteiger partial charge is 0.272 e. The number of thioether (sulfide) groups is 1. The minimum Gasteiger partial charge on any atom is -0.493 e. The zero-order chi connectivity index (χ0) is 21.3. The van der Waals surface area contributed by atoms with Gasteiger partial charge in [0.25, 0.3) is 5.56 Å². The number of nitrogens with zero attached hydrogens (tertiary/aromatic N) is 4. The SMILES string of the molecule is CCc1[nH]n2c(=O)cc(CSc3nnc(N)s3)nc2c1-c1ccc(OC)c(OC)c1. The first-order valence-electron chi connectivity index (χ1n) is 9.11. The second-order valence-electron chi connectivity index (χ2n) is 6.33. The number of hydrogen-bond donors (Lipinski definition) is 2. The molecule has 1 aromatic carbocycles. The molecule has 3 heterocycles. The average Bonchev–Trinajstić information content (AvgIpc) is 3.35. The Morgan fingerprint density at radius 1 is 1.20 bits per heavy atom. The Balaban J connectivity index is 1.80. The van der Waals surface area contributed by atoms with Crippen LogP contribution in [-0.2, 0) is 12.2 Å². The van der Waals surface area contributed by atoms with E-state index in [1.807, 2.05) is 25.1 Å². The second kappa shape index (κ2) is 8.36. The molecule has 0 bridgehead atoms. The Bertz CT molecular complexity index is 1260. The number of methoxy groups -OCH3 is 2. The van der Waals surface area contributed by atoms with Crippen LogP contribution < -0.4 is 20.8 Å². The van der Waals surface area contributed by atoms with Crippen LogP contribution in [0.25, 0.3) is 16.8 Å². The van der Waals surface area contributed by atoms with Gasteiger partial charge in [-0.1, -0.05) is 36.1 Å². The van der Waals surface area contributed by atoms with Crippen molar-refractivity contribution in [3.8, 4) is 22.6 Å². The van der Waals surface area contributed by atoms with Crippen molar-refractivity contribution in [1.29, 1.82) is 0 Å². The topological polar surface area (TPSA) is 120 Å². The molecule has 4 aromatic rings. The third-order valence-corrected chi connectivity index (χ3v) is 6.45. The third-order valence-electron chi connectivity index (χ3n) is 4.54. The fourth-order valence-corrected chi connectivity index (χ4v) is 4.70. The molecular formula is C19H20N6O3S2. The first-order valence-corrected chi connectivity index (χ1v) is 10.9. The van der Waals surface area contributed by atoms with Crippen LogP contribution in [0.4, 0.5) is 5.13 Å². The van der Waals surface area contributed by atoms with E-state index in [-0.39, 0.29) is 5.56 Å². The summed E-state index contributed by atoms with van der Waals surface area (Å²) in [7, 11) is 3.19. The van der Waals surface area contributed by atoms with Crippen molar-refractivity contribution in [3.05, 3.63) is 46.0 Å². The van der Waals surface area contributed by atoms with E-state index in [9.17, 15) is 4.79 Å². The summed E-state index contributed by atoms with van der Waals surface area (Å²) in [4.78, 5) is 17.5. The Morgan fingerprint density at radius 3 is 2.67 bits per heavy atom. The lowest BCUT2D eigenvalue weighted by Crippen LogP contribution is -2.15. The van der Waals surface area contributed by atoms with E-state index >= 15 is 0 Å². The van der Waals surface area contributed by atoms with Gasteiger partial charge in [-0.2, -0.15) is 0 Å². The van der Waals surface area contributed by atoms with E-state index in [0.29, 0.717) is 40.1 Å². The molecule has 0 atom stereocenters. The van der Waals surface area contributed by atoms with Crippen LogP contribution in [0.3, 0.4) is 0 Å². The highest BCUT2D eigenvalue weighted by Crippen LogP contribution is 2.35. The van der Waals surface area contributed by atoms with Crippen molar-refractivity contribution >= 4 is 33.9 Å². The number of nitrogens with two attached hydrogens (primary N) is 1. The maximum absolute atomic E-state index is 12.7. The van der Waals surface area contributed by atoms with Gasteiger partial charge in [-0.3, -0.25) is 9.89 Å². The van der Waals surface area contributed by atoms with Gasteiger partial charge in [-0.15, -0.1) is 10.2 Å². The van der Waals surface area contributed by atoms with Gasteiger partial charge in [0.15, 0.2) is 21.5 Å². The molecule has 0 saturated heterocycles. The Morgan fingerprint density at radius 2 is 2.00 bits per heavy atom. The number of ether oxygens (including phenoxy) is 2. The number of benzene rings is 1. The van der Waals surface area contributed by atoms with Crippen LogP contribution in [-0.4, -0.2) is 39.0 Å². The quantitative estimate of drug-likeness (QED) is 0.417. The van der Waals surface area contributed by atoms with E-state index in [2.05, 4.69) is 15.3 Å². The van der Waals surface area contributed by atoms with Crippen LogP contribution in [0.1, 0.15) is 18.3 Å². The zero-order valence-electron chi connectivity index (χ0n) is 16.6. The maximum atomic E-state index is 12.7. The predicted octanol–water partition coefficient (Wildman–Crippen LogP) is 3.00. The summed E-state index contributed by atoms with van der Waals surface area (Å²) < 4.78 is 13.0. The van der Waals surface area contributed by atoms with Crippen molar-refractivity contribution in [1.82, 2.24) is 24.8 Å². The van der Waals surface area contributed by atoms with Gasteiger partial charge >= 0.3 is 0 Å². The molecule has 4 rings (SSSR count). The van der Waals surface area contributed by atoms with Crippen molar-refractivity contribution in [3.63, 3.8) is 0 Å². The summed E-state index contributed by atoms with van der Waals surface area (Å²) >= 11 is 2.75. The highest BCUT2D eigenvalue weighted by molar-refractivity contribution is 8.00. The fraction of sp³-hybridized carbons (Fsp3) is 0.263. The summed E-state index contributed by atoms with van der Waals surface area (Å²) in [6.45, 7) is 2.02. The summed E-state index contributed by atoms with van der Waals surface area (Å²) in [5, 5.41) is 11.4. The number of anilines is 1. The van der Waals surface area contributed by atoms with Gasteiger partial charge in [-0.05, 0) is 24.1 Å². The molecule has 156 valence electrons. The molecule has 3 N–H and O–H groups in total. The number of rotatable bonds is 7. The first kappa shape index (κ1) is 20.2. The van der Waals surface area contributed by atoms with Crippen LogP contribution in [0.5, 0.6) is 11.5 Å². The molecule has 0 radical (unpaired) electrons. The standard InChI is InChI=1S/C19H20N6O3S2/c1-4-12-16(10-5-6-13(27-2)14(7-10)28-3)17-21-11(8-15(26)25(17)24-12)9-29-19-23-22-18(20)30-19/h5-8,24H,4,9H2,1-3H3,(H2,20,22). The normalized spacial score (nSPS) is 11.2. The van der Waals surface area contributed by atoms with Crippen LogP contribution in [0.15, 0.2) is 33.4 Å². The highest BCUT2D eigenvalue weighted by atomic mass is 32.2. The van der Waals surface area contributed by atoms with Crippen LogP contribution >= 0.6 is 23.1 Å². The molecular weight excluding hydrogens is 424 g/mol. The minimum absolute atomic E-state index is 0.172. The number of nitrogens with one attached hydrogen (secondary N) is 1. The molecule has 0 fully saturated rings. The molecule has 11 heteroatoms. The Labute approximate surface area is 180 Å². The van der Waals surface area contributed by atoms with Gasteiger partial charge < -0.3 is 15.2 Å². The molecule has 9 nitrogen and oxygen atoms in total. The number of nitrogen functional groups attached to an aromatic ring is 1. The summed E-state index contributed by atoms with van der Waals surface area (Å²) in [5.74, 6) is 1.73. The molecule has 0 aliphatic heterocycles. The van der Waals surface area contributed by atoms with E-state index in [0.717, 1.165) is 21.2 Å². The lowest BCUT2D eigenvalue weighted by atomic mass is 10.0. The average molecular weight is 445 g/mol. The van der Waals surface area contributed by atoms with E-state index in [4.69, 9.17) is 20.2 Å². The monoisotopic (exact) mass is 444 g/mol. The molecule has 0 spiro atoms. The number of aromatic nitrogens is 5. The first-order chi connectivity index (χ1) is 14.5. The molecule has 0 aliphatic carbocycles. The number of H-pyrrole nitrogens is 1. The van der Waals surface area contributed by atoms with Crippen LogP contribution in [0, 0.1) is 0 Å². The zero-order valence-corrected chi connectivity index (χ0v) is 18.3. The number of aromatic amines is 1. The van der Waals surface area contributed by atoms with Crippen LogP contribution in [0.2, 0.25) is 0 Å². The van der Waals surface area contributed by atoms with Gasteiger partial charge in [0.2, 0.25) is 5.13 Å². The van der Waals surface area contributed by atoms with E-state index < -0.39 is 0 Å². The van der Waals surface area contributed by atoms with E-state index in [1.165, 1.54) is 33.7 Å². The maximum Gasteiger partial charge on any atom is 0.272 e. The van der Waals surface area contributed by atoms with Gasteiger partial charge in [0, 0.05) is 23.1 Å². The van der Waals surface area contributed by atoms with Crippen molar-refractivity contribution in [2.75, 3.05) is 20.0 Å². The molecule has 3 aromatic heterocycles. The third kappa shape index (κ3) is 3.73. The van der Waals surface area contributed by atoms with E-state index in [1.54, 1.807) is 14.2 Å². The van der Waals surface area contributed by atoms with Crippen molar-refractivity contribution in [2.45, 2.75) is 23.4 Å². The Hall–Kier alpha value is -3.05. The lowest BCUT2D eigenvalue weighted by molar-refractivity contribution is 0.355. The summed E-state index contributed by atoms with van der Waals surface area (Å²) in [6, 6.07) is 7.19. The van der Waals surface area contributed by atoms with Crippen molar-refractivity contribution in [2.24, 2.45) is 0 Å². The highest BCUT2D eigenvalue weighted by Gasteiger charge is 2.18. The molecule has 0 aliphatic rings. The number of fused-ring (bicyclic) bond motifs is 1. The summed E-state index contributed by atoms with van der Waals surface area (Å²) in [6.07, 6.45) is 0.709. The number of hydrogen-bond acceptors (Lipinski definition) is 9. The van der Waals surface area contributed by atoms with Gasteiger partial charge in [0.05, 0.1) is 19.9 Å². The largest absolute Gasteiger partial charge is 0.493 e. The molecule has 0 saturated carbocycles. The number of aryl methyl sites for hydroxylation is 1. The minimum atomic E-state index is -0.172. The molecule has 30 heavy (non-hydrogen) atoms. The second-order valence-corrected chi connectivity index (χ2v) is 8.56. The fourth-order valence-electron chi connectivity index (χ4n) is 3.17. The molecule has 0 unspecified atom stereocenters. The van der Waals surface area contributed by atoms with Crippen molar-refractivity contribution < 1.29 is 9.47 Å². The molecule has 0 amide bonds. The summed E-state index contributed by atoms with van der Waals surface area (Å²) in [5.41, 5.74) is 9.34. The predicted molar refractivity (Wildman–Crippen MR) is 118 cm³/mol. The lowest BCUT2D eigenvalue weighted by Gasteiger charge is -2.10. The van der Waals surface area contributed by atoms with Gasteiger partial charge in [-0.25, -0.2) is 9.50 Å². The Kier molecular flexibility index (Phi) is 5.64. The van der Waals surface area contributed by atoms with Gasteiger partial charge in [0.1, 0.15) is 0 Å².